The van der Waals surface area contributed by atoms with Gasteiger partial charge >= 0.3 is 0 Å². The van der Waals surface area contributed by atoms with E-state index in [-0.39, 0.29) is 5.78 Å². The number of hydrogen-bond acceptors (Lipinski definition) is 11. The summed E-state index contributed by atoms with van der Waals surface area (Å²) in [5.41, 5.74) is 2.95. The van der Waals surface area contributed by atoms with Gasteiger partial charge in [-0.15, -0.1) is 0 Å². The van der Waals surface area contributed by atoms with Gasteiger partial charge in [0.2, 0.25) is 0 Å². The Labute approximate surface area is 254 Å². The number of nitrogens with zero attached hydrogens (tertiary/aromatic N) is 4. The van der Waals surface area contributed by atoms with Crippen molar-refractivity contribution in [2.75, 3.05) is 65.1 Å². The van der Waals surface area contributed by atoms with Gasteiger partial charge in [0.25, 0.3) is 0 Å². The molecule has 0 spiro atoms. The first-order valence-corrected chi connectivity index (χ1v) is 20.4. The monoisotopic (exact) mass is 652 g/mol. The van der Waals surface area contributed by atoms with Crippen LogP contribution in [0.2, 0.25) is 0 Å². The Balaban J connectivity index is -0.000000213. The third-order valence-corrected chi connectivity index (χ3v) is 4.43. The zero-order valence-corrected chi connectivity index (χ0v) is 30.3. The van der Waals surface area contributed by atoms with Gasteiger partial charge in [0.15, 0.2) is 11.3 Å². The van der Waals surface area contributed by atoms with Gasteiger partial charge in [-0.1, -0.05) is 30.3 Å². The summed E-state index contributed by atoms with van der Waals surface area (Å²) < 4.78 is 44.5. The molecule has 14 heteroatoms. The second kappa shape index (κ2) is 26.8. The predicted octanol–water partition coefficient (Wildman–Crippen LogP) is 4.46. The standard InChI is InChI=1S/C8H8N4.C8H11OP.C3H6O.C2H6O2S.C2H6OS.C2H6O.C2H6S/c1-5-3-9-8-7(11-5)10-4-6(2)12-8;1-10(2,9)8-6-4-3-5-7-8;1-3(2)4;1-5(2,3)4;1-4(2)3;2*1-3-2/h3-4H,1-2H3;3-7H,1-2H3;1-2H3;1-2H3;1-2H3;2*1-2H3. The van der Waals surface area contributed by atoms with Crippen molar-refractivity contribution in [2.45, 2.75) is 27.7 Å². The highest BCUT2D eigenvalue weighted by molar-refractivity contribution is 7.97. The normalized spacial score (nSPS) is 9.63. The summed E-state index contributed by atoms with van der Waals surface area (Å²) >= 11 is 1.75. The van der Waals surface area contributed by atoms with Crippen molar-refractivity contribution in [3.63, 3.8) is 0 Å². The molecule has 2 heterocycles. The second-order valence-corrected chi connectivity index (χ2v) is 16.8. The molecule has 236 valence electrons. The van der Waals surface area contributed by atoms with Crippen molar-refractivity contribution in [3.05, 3.63) is 54.1 Å². The van der Waals surface area contributed by atoms with Gasteiger partial charge in [0, 0.05) is 55.3 Å². The Hall–Kier alpha value is -2.05. The molecule has 0 saturated carbocycles. The van der Waals surface area contributed by atoms with Crippen molar-refractivity contribution < 1.29 is 26.7 Å². The van der Waals surface area contributed by atoms with E-state index in [1.165, 1.54) is 13.8 Å². The number of methoxy groups -OCH3 is 1. The molecular weight excluding hydrogens is 603 g/mol. The van der Waals surface area contributed by atoms with Crippen LogP contribution in [-0.4, -0.2) is 103 Å². The average Bonchev–Trinajstić information content (AvgIpc) is 2.79. The maximum absolute atomic E-state index is 11.4. The number of thioether (sulfide) groups is 1. The summed E-state index contributed by atoms with van der Waals surface area (Å²) in [6.45, 7) is 10.4. The van der Waals surface area contributed by atoms with Crippen LogP contribution < -0.4 is 5.30 Å². The number of fused-ring (bicyclic) bond motifs is 1. The van der Waals surface area contributed by atoms with Crippen molar-refractivity contribution >= 4 is 61.9 Å². The van der Waals surface area contributed by atoms with Crippen LogP contribution in [0.25, 0.3) is 11.3 Å². The molecule has 2 aromatic heterocycles. The number of benzene rings is 1. The van der Waals surface area contributed by atoms with E-state index in [4.69, 9.17) is 0 Å². The van der Waals surface area contributed by atoms with Crippen molar-refractivity contribution in [1.82, 2.24) is 19.9 Å². The predicted molar refractivity (Wildman–Crippen MR) is 180 cm³/mol. The molecule has 0 aliphatic heterocycles. The molecule has 0 aliphatic carbocycles. The highest BCUT2D eigenvalue weighted by Crippen LogP contribution is 2.33. The summed E-state index contributed by atoms with van der Waals surface area (Å²) in [7, 11) is -2.05. The maximum atomic E-state index is 11.4. The van der Waals surface area contributed by atoms with Crippen LogP contribution in [0.5, 0.6) is 0 Å². The van der Waals surface area contributed by atoms with E-state index in [9.17, 15) is 22.0 Å². The number of sulfone groups is 1. The molecule has 1 aromatic carbocycles. The van der Waals surface area contributed by atoms with E-state index in [1.807, 2.05) is 56.7 Å². The molecule has 10 nitrogen and oxygen atoms in total. The molecule has 41 heavy (non-hydrogen) atoms. The summed E-state index contributed by atoms with van der Waals surface area (Å²) in [5, 5.41) is 0.954. The van der Waals surface area contributed by atoms with Crippen LogP contribution in [0, 0.1) is 13.8 Å². The van der Waals surface area contributed by atoms with Crippen LogP contribution >= 0.6 is 18.9 Å². The Kier molecular flexibility index (Phi) is 30.0. The Morgan fingerprint density at radius 1 is 0.878 bits per heavy atom. The van der Waals surface area contributed by atoms with Crippen LogP contribution in [0.15, 0.2) is 42.7 Å². The van der Waals surface area contributed by atoms with E-state index < -0.39 is 27.8 Å². The van der Waals surface area contributed by atoms with E-state index >= 15 is 0 Å². The minimum absolute atomic E-state index is 0.167. The Bertz CT molecular complexity index is 1200. The summed E-state index contributed by atoms with van der Waals surface area (Å²) in [6, 6.07) is 9.56. The Morgan fingerprint density at radius 2 is 1.12 bits per heavy atom. The lowest BCUT2D eigenvalue weighted by Gasteiger charge is -2.04. The number of carbonyl (C=O) groups excluding carboxylic acids is 1. The fourth-order valence-corrected chi connectivity index (χ4v) is 2.65. The van der Waals surface area contributed by atoms with Gasteiger partial charge in [-0.05, 0) is 53.5 Å². The zero-order chi connectivity index (χ0) is 33.2. The first kappa shape index (κ1) is 45.9. The van der Waals surface area contributed by atoms with E-state index in [2.05, 4.69) is 24.7 Å². The van der Waals surface area contributed by atoms with Crippen LogP contribution in [-0.2, 0) is 34.7 Å². The van der Waals surface area contributed by atoms with Crippen LogP contribution in [0.3, 0.4) is 0 Å². The van der Waals surface area contributed by atoms with Crippen molar-refractivity contribution in [1.29, 1.82) is 0 Å². The topological polar surface area (TPSA) is 146 Å². The summed E-state index contributed by atoms with van der Waals surface area (Å²) in [5.74, 6) is 0.167. The summed E-state index contributed by atoms with van der Waals surface area (Å²) in [4.78, 5) is 26.0. The fourth-order valence-electron chi connectivity index (χ4n) is 1.76. The van der Waals surface area contributed by atoms with Crippen LogP contribution in [0.1, 0.15) is 25.2 Å². The SMILES string of the molecule is CC(C)=O.COC.CP(C)(=O)c1ccccc1.CS(C)(=O)=O.CS(C)=O.CSC.Cc1cnc2nc(C)cnc2n1. The van der Waals surface area contributed by atoms with Gasteiger partial charge in [-0.2, -0.15) is 11.8 Å². The molecule has 0 bridgehead atoms. The lowest BCUT2D eigenvalue weighted by atomic mass is 10.4. The number of carbonyl (C=O) groups is 1. The van der Waals surface area contributed by atoms with Gasteiger partial charge in [-0.25, -0.2) is 28.4 Å². The quantitative estimate of drug-likeness (QED) is 0.343. The molecule has 0 aliphatic rings. The number of aryl methyl sites for hydroxylation is 2. The average molecular weight is 653 g/mol. The molecule has 0 fully saturated rings. The van der Waals surface area contributed by atoms with Gasteiger partial charge < -0.3 is 14.1 Å². The molecule has 3 rings (SSSR count). The third kappa shape index (κ3) is 42.6. The molecule has 0 N–H and O–H groups in total. The highest BCUT2D eigenvalue weighted by Gasteiger charge is 2.08. The van der Waals surface area contributed by atoms with E-state index in [0.29, 0.717) is 11.3 Å². The molecule has 3 aromatic rings. The van der Waals surface area contributed by atoms with Gasteiger partial charge in [0.05, 0.1) is 23.8 Å². The largest absolute Gasteiger partial charge is 0.388 e. The van der Waals surface area contributed by atoms with Crippen molar-refractivity contribution in [3.8, 4) is 0 Å². The number of aromatic nitrogens is 4. The number of ketones is 1. The number of hydrogen-bond donors (Lipinski definition) is 0. The van der Waals surface area contributed by atoms with Gasteiger partial charge in [-0.3, -0.25) is 4.21 Å². The first-order chi connectivity index (χ1) is 18.7. The third-order valence-electron chi connectivity index (χ3n) is 2.89. The molecular formula is C27H49N4O6PS3. The maximum Gasteiger partial charge on any atom is 0.198 e. The minimum atomic E-state index is -2.67. The highest BCUT2D eigenvalue weighted by atomic mass is 32.2. The molecule has 0 radical (unpaired) electrons. The molecule has 0 atom stereocenters. The molecule has 0 saturated heterocycles. The lowest BCUT2D eigenvalue weighted by Crippen LogP contribution is -2.00. The first-order valence-electron chi connectivity index (χ1n) is 11.9. The second-order valence-electron chi connectivity index (χ2n) is 8.97. The summed E-state index contributed by atoms with van der Waals surface area (Å²) in [6.07, 6.45) is 13.1. The lowest BCUT2D eigenvalue weighted by molar-refractivity contribution is -0.115. The number of Topliss-reactive ketones (excluding diaryl/α,β-unsaturated/α-hetero) is 1. The Morgan fingerprint density at radius 3 is 1.32 bits per heavy atom. The van der Waals surface area contributed by atoms with E-state index in [0.717, 1.165) is 29.2 Å². The fraction of sp³-hybridized carbons (Fsp3) is 0.519. The zero-order valence-electron chi connectivity index (χ0n) is 27.0. The molecule has 0 unspecified atom stereocenters. The van der Waals surface area contributed by atoms with E-state index in [1.54, 1.807) is 64.2 Å². The number of rotatable bonds is 1. The smallest absolute Gasteiger partial charge is 0.198 e. The van der Waals surface area contributed by atoms with Crippen LogP contribution in [0.4, 0.5) is 0 Å². The minimum Gasteiger partial charge on any atom is -0.388 e. The molecule has 0 amide bonds. The van der Waals surface area contributed by atoms with Crippen molar-refractivity contribution in [2.24, 2.45) is 0 Å². The van der Waals surface area contributed by atoms with Gasteiger partial charge in [0.1, 0.15) is 22.8 Å². The number of ether oxygens (including phenoxy) is 1.